The highest BCUT2D eigenvalue weighted by atomic mass is 16.6. The average molecular weight is 309 g/mol. The highest BCUT2D eigenvalue weighted by Gasteiger charge is 2.13. The van der Waals surface area contributed by atoms with E-state index in [9.17, 15) is 10.1 Å². The maximum Gasteiger partial charge on any atom is 0.329 e. The predicted octanol–water partition coefficient (Wildman–Crippen LogP) is 2.77. The molecule has 0 amide bonds. The van der Waals surface area contributed by atoms with Crippen molar-refractivity contribution in [3.05, 3.63) is 64.3 Å². The normalized spacial score (nSPS) is 10.6. The Hall–Kier alpha value is -3.22. The zero-order valence-electron chi connectivity index (χ0n) is 12.3. The van der Waals surface area contributed by atoms with Crippen LogP contribution in [0.15, 0.2) is 48.7 Å². The van der Waals surface area contributed by atoms with Crippen LogP contribution in [0.25, 0.3) is 10.8 Å². The van der Waals surface area contributed by atoms with Gasteiger partial charge in [0.15, 0.2) is 0 Å². The molecule has 0 aliphatic carbocycles. The van der Waals surface area contributed by atoms with Crippen LogP contribution in [-0.4, -0.2) is 21.4 Å². The van der Waals surface area contributed by atoms with Crippen molar-refractivity contribution in [3.63, 3.8) is 0 Å². The molecule has 0 bridgehead atoms. The van der Waals surface area contributed by atoms with Gasteiger partial charge in [0.1, 0.15) is 6.20 Å². The van der Waals surface area contributed by atoms with Crippen molar-refractivity contribution in [2.75, 3.05) is 17.6 Å². The van der Waals surface area contributed by atoms with Crippen LogP contribution < -0.4 is 11.1 Å². The zero-order chi connectivity index (χ0) is 16.2. The fourth-order valence-corrected chi connectivity index (χ4v) is 2.43. The molecule has 0 saturated heterocycles. The first-order valence-electron chi connectivity index (χ1n) is 7.12. The first-order valence-corrected chi connectivity index (χ1v) is 7.12. The van der Waals surface area contributed by atoms with E-state index in [2.05, 4.69) is 39.6 Å². The number of benzene rings is 2. The number of nitrogen functional groups attached to an aromatic ring is 1. The van der Waals surface area contributed by atoms with Gasteiger partial charge >= 0.3 is 5.69 Å². The van der Waals surface area contributed by atoms with Crippen molar-refractivity contribution >= 4 is 28.2 Å². The third-order valence-corrected chi connectivity index (χ3v) is 3.55. The van der Waals surface area contributed by atoms with Crippen LogP contribution in [0.1, 0.15) is 5.56 Å². The lowest BCUT2D eigenvalue weighted by atomic mass is 10.0. The molecule has 0 unspecified atom stereocenters. The molecule has 7 nitrogen and oxygen atoms in total. The molecule has 2 aromatic carbocycles. The summed E-state index contributed by atoms with van der Waals surface area (Å²) >= 11 is 0. The number of nitrogens with zero attached hydrogens (tertiary/aromatic N) is 3. The fraction of sp³-hybridized carbons (Fsp3) is 0.125. The van der Waals surface area contributed by atoms with Crippen molar-refractivity contribution in [1.82, 2.24) is 9.97 Å². The van der Waals surface area contributed by atoms with E-state index in [0.29, 0.717) is 6.54 Å². The molecule has 0 aliphatic rings. The summed E-state index contributed by atoms with van der Waals surface area (Å²) in [5.41, 5.74) is 6.47. The van der Waals surface area contributed by atoms with Gasteiger partial charge in [0.25, 0.3) is 0 Å². The molecule has 0 spiro atoms. The number of rotatable bonds is 5. The molecule has 0 saturated carbocycles. The number of nitrogens with two attached hydrogens (primary N) is 1. The molecule has 7 heteroatoms. The van der Waals surface area contributed by atoms with Crippen LogP contribution in [0.5, 0.6) is 0 Å². The smallest absolute Gasteiger partial charge is 0.329 e. The van der Waals surface area contributed by atoms with Gasteiger partial charge in [-0.05, 0) is 22.8 Å². The number of hydrogen-bond acceptors (Lipinski definition) is 6. The minimum atomic E-state index is -0.602. The second kappa shape index (κ2) is 6.27. The summed E-state index contributed by atoms with van der Waals surface area (Å²) in [7, 11) is 0. The van der Waals surface area contributed by atoms with Crippen LogP contribution >= 0.6 is 0 Å². The minimum absolute atomic E-state index is 0.141. The quantitative estimate of drug-likeness (QED) is 0.554. The molecule has 116 valence electrons. The maximum atomic E-state index is 10.7. The lowest BCUT2D eigenvalue weighted by Gasteiger charge is -2.08. The van der Waals surface area contributed by atoms with Crippen LogP contribution in [0.2, 0.25) is 0 Å². The van der Waals surface area contributed by atoms with E-state index in [0.717, 1.165) is 12.6 Å². The number of anilines is 2. The van der Waals surface area contributed by atoms with E-state index in [4.69, 9.17) is 5.73 Å². The molecular formula is C16H15N5O2. The Morgan fingerprint density at radius 1 is 1.17 bits per heavy atom. The van der Waals surface area contributed by atoms with Crippen molar-refractivity contribution in [2.45, 2.75) is 6.42 Å². The standard InChI is InChI=1S/C16H15N5O2/c17-15-14(21(22)23)10-19-16(20-15)18-9-8-12-6-3-5-11-4-1-2-7-13(11)12/h1-7,10H,8-9H2,(H3,17,18,19,20). The van der Waals surface area contributed by atoms with Gasteiger partial charge in [-0.1, -0.05) is 42.5 Å². The third kappa shape index (κ3) is 3.18. The number of fused-ring (bicyclic) bond motifs is 1. The minimum Gasteiger partial charge on any atom is -0.378 e. The molecule has 1 heterocycles. The summed E-state index contributed by atoms with van der Waals surface area (Å²) in [5, 5.41) is 16.1. The lowest BCUT2D eigenvalue weighted by molar-refractivity contribution is -0.384. The summed E-state index contributed by atoms with van der Waals surface area (Å²) < 4.78 is 0. The van der Waals surface area contributed by atoms with Crippen molar-refractivity contribution in [1.29, 1.82) is 0 Å². The summed E-state index contributed by atoms with van der Waals surface area (Å²) in [6.07, 6.45) is 1.89. The summed E-state index contributed by atoms with van der Waals surface area (Å²) in [5.74, 6) is 0.144. The summed E-state index contributed by atoms with van der Waals surface area (Å²) in [4.78, 5) is 17.9. The Balaban J connectivity index is 1.69. The molecule has 0 atom stereocenters. The monoisotopic (exact) mass is 309 g/mol. The topological polar surface area (TPSA) is 107 Å². The van der Waals surface area contributed by atoms with E-state index in [1.165, 1.54) is 16.3 Å². The maximum absolute atomic E-state index is 10.7. The highest BCUT2D eigenvalue weighted by molar-refractivity contribution is 5.85. The van der Waals surface area contributed by atoms with Crippen LogP contribution in [0.3, 0.4) is 0 Å². The van der Waals surface area contributed by atoms with Gasteiger partial charge in [0, 0.05) is 6.54 Å². The van der Waals surface area contributed by atoms with Gasteiger partial charge in [-0.2, -0.15) is 4.98 Å². The largest absolute Gasteiger partial charge is 0.378 e. The van der Waals surface area contributed by atoms with Crippen molar-refractivity contribution in [3.8, 4) is 0 Å². The van der Waals surface area contributed by atoms with Gasteiger partial charge in [0.05, 0.1) is 4.92 Å². The van der Waals surface area contributed by atoms with Gasteiger partial charge in [-0.3, -0.25) is 10.1 Å². The van der Waals surface area contributed by atoms with Crippen LogP contribution in [0.4, 0.5) is 17.5 Å². The molecule has 23 heavy (non-hydrogen) atoms. The summed E-state index contributed by atoms with van der Waals surface area (Å²) in [6, 6.07) is 14.4. The van der Waals surface area contributed by atoms with E-state index in [1.54, 1.807) is 0 Å². The van der Waals surface area contributed by atoms with Gasteiger partial charge in [0.2, 0.25) is 11.8 Å². The van der Waals surface area contributed by atoms with E-state index in [-0.39, 0.29) is 17.5 Å². The molecule has 3 aromatic rings. The molecular weight excluding hydrogens is 294 g/mol. The highest BCUT2D eigenvalue weighted by Crippen LogP contribution is 2.20. The van der Waals surface area contributed by atoms with E-state index < -0.39 is 4.92 Å². The molecule has 0 radical (unpaired) electrons. The number of aromatic nitrogens is 2. The van der Waals surface area contributed by atoms with E-state index in [1.807, 2.05) is 18.2 Å². The summed E-state index contributed by atoms with van der Waals surface area (Å²) in [6.45, 7) is 0.602. The molecule has 0 aliphatic heterocycles. The molecule has 0 fully saturated rings. The first-order chi connectivity index (χ1) is 11.1. The Labute approximate surface area is 132 Å². The number of hydrogen-bond donors (Lipinski definition) is 2. The Morgan fingerprint density at radius 2 is 1.96 bits per heavy atom. The van der Waals surface area contributed by atoms with Crippen molar-refractivity contribution < 1.29 is 4.92 Å². The second-order valence-corrected chi connectivity index (χ2v) is 5.04. The van der Waals surface area contributed by atoms with Gasteiger partial charge < -0.3 is 11.1 Å². The first kappa shape index (κ1) is 14.7. The van der Waals surface area contributed by atoms with Crippen LogP contribution in [-0.2, 0) is 6.42 Å². The lowest BCUT2D eigenvalue weighted by Crippen LogP contribution is -2.10. The zero-order valence-corrected chi connectivity index (χ0v) is 12.3. The Bertz CT molecular complexity index is 861. The van der Waals surface area contributed by atoms with Gasteiger partial charge in [-0.25, -0.2) is 4.98 Å². The molecule has 1 aromatic heterocycles. The SMILES string of the molecule is Nc1nc(NCCc2cccc3ccccc23)ncc1[N+](=O)[O-]. The number of nitro groups is 1. The van der Waals surface area contributed by atoms with E-state index >= 15 is 0 Å². The number of nitrogens with one attached hydrogen (secondary N) is 1. The fourth-order valence-electron chi connectivity index (χ4n) is 2.43. The van der Waals surface area contributed by atoms with Crippen LogP contribution in [0, 0.1) is 10.1 Å². The molecule has 3 rings (SSSR count). The molecule has 3 N–H and O–H groups in total. The van der Waals surface area contributed by atoms with Gasteiger partial charge in [-0.15, -0.1) is 0 Å². The predicted molar refractivity (Wildman–Crippen MR) is 89.2 cm³/mol. The van der Waals surface area contributed by atoms with Crippen molar-refractivity contribution in [2.24, 2.45) is 0 Å². The third-order valence-electron chi connectivity index (χ3n) is 3.55. The Morgan fingerprint density at radius 3 is 2.74 bits per heavy atom. The second-order valence-electron chi connectivity index (χ2n) is 5.04. The Kier molecular flexibility index (Phi) is 4.01. The average Bonchev–Trinajstić information content (AvgIpc) is 2.55.